The number of hydrogen-bond acceptors (Lipinski definition) is 7. The molecule has 1 spiro atoms. The zero-order valence-electron chi connectivity index (χ0n) is 27.9. The van der Waals surface area contributed by atoms with E-state index >= 15 is 0 Å². The third kappa shape index (κ3) is 6.58. The number of rotatable bonds is 14. The fourth-order valence-corrected chi connectivity index (χ4v) is 8.74. The van der Waals surface area contributed by atoms with Crippen LogP contribution in [-0.2, 0) is 28.7 Å². The van der Waals surface area contributed by atoms with E-state index in [4.69, 9.17) is 21.1 Å². The summed E-state index contributed by atoms with van der Waals surface area (Å²) >= 11 is 10.3. The standard InChI is InChI=1S/C37H43BrClN3O7/c1-6-8-18-28(44)40(5)23(4)31(24-14-10-9-11-15-24)48-36(47)29-30-34(45)42(22(3)21-43)33(37(30)20-25(38)32(29)49-37)35(46)41(19-7-2)27-17-13-12-16-26(27)39/h6-7,9-17,22-23,25,29-33,43H,1-2,8,18-21H2,3-5H3/t22-,23+,25?,29+,30-,31-,32+,33+,37-/m1/s1. The maximum atomic E-state index is 14.7. The van der Waals surface area contributed by atoms with Gasteiger partial charge in [-0.3, -0.25) is 19.2 Å². The van der Waals surface area contributed by atoms with Crippen LogP contribution in [0.3, 0.4) is 0 Å². The van der Waals surface area contributed by atoms with Gasteiger partial charge in [-0.2, -0.15) is 0 Å². The number of alkyl halides is 1. The molecule has 1 unspecified atom stereocenters. The van der Waals surface area contributed by atoms with Gasteiger partial charge in [0.15, 0.2) is 0 Å². The highest BCUT2D eigenvalue weighted by atomic mass is 79.9. The number of carbonyl (C=O) groups excluding carboxylic acids is 4. The van der Waals surface area contributed by atoms with E-state index in [-0.39, 0.29) is 30.1 Å². The molecule has 12 heteroatoms. The highest BCUT2D eigenvalue weighted by molar-refractivity contribution is 9.09. The minimum Gasteiger partial charge on any atom is -0.455 e. The van der Waals surface area contributed by atoms with Gasteiger partial charge >= 0.3 is 5.97 Å². The predicted molar refractivity (Wildman–Crippen MR) is 190 cm³/mol. The fraction of sp³-hybridized carbons (Fsp3) is 0.459. The average Bonchev–Trinajstić information content (AvgIpc) is 3.71. The van der Waals surface area contributed by atoms with Crippen molar-refractivity contribution in [3.63, 3.8) is 0 Å². The van der Waals surface area contributed by atoms with Crippen molar-refractivity contribution in [2.75, 3.05) is 25.1 Å². The van der Waals surface area contributed by atoms with E-state index in [0.29, 0.717) is 22.7 Å². The molecule has 0 radical (unpaired) electrons. The van der Waals surface area contributed by atoms with Gasteiger partial charge in [-0.25, -0.2) is 0 Å². The zero-order valence-corrected chi connectivity index (χ0v) is 30.3. The lowest BCUT2D eigenvalue weighted by Crippen LogP contribution is -2.58. The SMILES string of the molecule is C=CCCC(=O)N(C)[C@@H](C)[C@@H](OC(=O)[C@@H]1[C@H]2O[C@@]3(CC2Br)[C@H](C(=O)N(CC=C)c2ccccc2Cl)N([C@H](C)CO)C(=O)[C@@H]13)c1ccccc1. The second-order valence-electron chi connectivity index (χ2n) is 13.0. The van der Waals surface area contributed by atoms with Crippen molar-refractivity contribution in [1.29, 1.82) is 0 Å². The maximum Gasteiger partial charge on any atom is 0.313 e. The zero-order chi connectivity index (χ0) is 35.6. The van der Waals surface area contributed by atoms with Gasteiger partial charge < -0.3 is 29.3 Å². The topological polar surface area (TPSA) is 117 Å². The summed E-state index contributed by atoms with van der Waals surface area (Å²) in [4.78, 5) is 60.7. The number of aliphatic hydroxyl groups is 1. The van der Waals surface area contributed by atoms with Gasteiger partial charge in [-0.15, -0.1) is 13.2 Å². The van der Waals surface area contributed by atoms with Crippen LogP contribution in [0.5, 0.6) is 0 Å². The summed E-state index contributed by atoms with van der Waals surface area (Å²) in [6.45, 7) is 10.7. The number of benzene rings is 2. The molecule has 262 valence electrons. The lowest BCUT2D eigenvalue weighted by molar-refractivity contribution is -0.165. The van der Waals surface area contributed by atoms with Crippen LogP contribution in [0, 0.1) is 11.8 Å². The van der Waals surface area contributed by atoms with Gasteiger partial charge in [0.2, 0.25) is 11.8 Å². The molecule has 0 saturated carbocycles. The van der Waals surface area contributed by atoms with Gasteiger partial charge in [0, 0.05) is 24.8 Å². The number of likely N-dealkylation sites (N-methyl/N-ethyl adjacent to an activating group) is 1. The summed E-state index contributed by atoms with van der Waals surface area (Å²) in [5, 5.41) is 10.6. The molecule has 2 bridgehead atoms. The lowest BCUT2D eigenvalue weighted by atomic mass is 9.70. The Labute approximate surface area is 300 Å². The molecule has 2 aromatic rings. The molecule has 3 fully saturated rings. The molecule has 0 aliphatic carbocycles. The lowest BCUT2D eigenvalue weighted by Gasteiger charge is -2.38. The van der Waals surface area contributed by atoms with Gasteiger partial charge in [-0.05, 0) is 44.4 Å². The summed E-state index contributed by atoms with van der Waals surface area (Å²) in [5.74, 6) is -3.85. The molecule has 9 atom stereocenters. The number of allylic oxidation sites excluding steroid dienone is 1. The summed E-state index contributed by atoms with van der Waals surface area (Å²) in [6.07, 6.45) is 2.65. The van der Waals surface area contributed by atoms with Crippen LogP contribution in [0.1, 0.15) is 44.8 Å². The number of nitrogens with zero attached hydrogens (tertiary/aromatic N) is 3. The Morgan fingerprint density at radius 2 is 1.82 bits per heavy atom. The first kappa shape index (κ1) is 36.8. The number of para-hydroxylation sites is 1. The molecule has 10 nitrogen and oxygen atoms in total. The van der Waals surface area contributed by atoms with Crippen LogP contribution in [-0.4, -0.2) is 93.5 Å². The van der Waals surface area contributed by atoms with Crippen LogP contribution in [0.4, 0.5) is 5.69 Å². The average molecular weight is 757 g/mol. The minimum absolute atomic E-state index is 0.0949. The molecule has 3 aliphatic heterocycles. The third-order valence-corrected chi connectivity index (χ3v) is 11.2. The molecule has 5 rings (SSSR count). The number of esters is 1. The number of carbonyl (C=O) groups is 4. The third-order valence-electron chi connectivity index (χ3n) is 10.1. The van der Waals surface area contributed by atoms with Gasteiger partial charge in [0.05, 0.1) is 47.3 Å². The molecule has 1 N–H and O–H groups in total. The smallest absolute Gasteiger partial charge is 0.313 e. The second kappa shape index (κ2) is 15.2. The molecule has 49 heavy (non-hydrogen) atoms. The van der Waals surface area contributed by atoms with E-state index in [2.05, 4.69) is 29.1 Å². The highest BCUT2D eigenvalue weighted by Crippen LogP contribution is 2.61. The maximum absolute atomic E-state index is 14.7. The van der Waals surface area contributed by atoms with Crippen molar-refractivity contribution >= 4 is 56.9 Å². The Balaban J connectivity index is 1.53. The second-order valence-corrected chi connectivity index (χ2v) is 14.6. The first-order valence-electron chi connectivity index (χ1n) is 16.5. The van der Waals surface area contributed by atoms with Crippen molar-refractivity contribution < 1.29 is 33.8 Å². The Morgan fingerprint density at radius 3 is 2.45 bits per heavy atom. The van der Waals surface area contributed by atoms with Crippen molar-refractivity contribution in [3.05, 3.63) is 90.5 Å². The number of ether oxygens (including phenoxy) is 2. The minimum atomic E-state index is -1.40. The van der Waals surface area contributed by atoms with Crippen LogP contribution in [0.15, 0.2) is 79.9 Å². The van der Waals surface area contributed by atoms with Gasteiger partial charge in [0.25, 0.3) is 5.91 Å². The van der Waals surface area contributed by atoms with Crippen molar-refractivity contribution in [3.8, 4) is 0 Å². The molecule has 3 saturated heterocycles. The summed E-state index contributed by atoms with van der Waals surface area (Å²) in [6, 6.07) is 13.5. The Bertz CT molecular complexity index is 1590. The first-order valence-corrected chi connectivity index (χ1v) is 17.8. The Kier molecular flexibility index (Phi) is 11.4. The highest BCUT2D eigenvalue weighted by Gasteiger charge is 2.77. The Morgan fingerprint density at radius 1 is 1.14 bits per heavy atom. The Hall–Kier alpha value is -3.51. The summed E-state index contributed by atoms with van der Waals surface area (Å²) < 4.78 is 13.0. The van der Waals surface area contributed by atoms with E-state index in [0.717, 1.165) is 0 Å². The summed E-state index contributed by atoms with van der Waals surface area (Å²) in [7, 11) is 1.67. The molecule has 3 amide bonds. The van der Waals surface area contributed by atoms with Crippen LogP contribution in [0.25, 0.3) is 0 Å². The van der Waals surface area contributed by atoms with Crippen molar-refractivity contribution in [2.24, 2.45) is 11.8 Å². The first-order chi connectivity index (χ1) is 23.4. The molecule has 3 heterocycles. The van der Waals surface area contributed by atoms with Gasteiger partial charge in [0.1, 0.15) is 17.7 Å². The van der Waals surface area contributed by atoms with E-state index in [1.165, 1.54) is 9.80 Å². The van der Waals surface area contributed by atoms with Crippen LogP contribution < -0.4 is 4.90 Å². The summed E-state index contributed by atoms with van der Waals surface area (Å²) in [5.41, 5.74) is -0.281. The van der Waals surface area contributed by atoms with E-state index in [1.54, 1.807) is 55.3 Å². The van der Waals surface area contributed by atoms with Crippen molar-refractivity contribution in [2.45, 2.75) is 73.9 Å². The normalized spacial score (nSPS) is 27.2. The number of amides is 3. The van der Waals surface area contributed by atoms with Crippen molar-refractivity contribution in [1.82, 2.24) is 9.80 Å². The monoisotopic (exact) mass is 755 g/mol. The van der Waals surface area contributed by atoms with Crippen LogP contribution in [0.2, 0.25) is 5.02 Å². The van der Waals surface area contributed by atoms with Crippen LogP contribution >= 0.6 is 27.5 Å². The molecule has 0 aromatic heterocycles. The number of hydrogen-bond donors (Lipinski definition) is 1. The number of likely N-dealkylation sites (tertiary alicyclic amines) is 1. The number of anilines is 1. The molecular weight excluding hydrogens is 714 g/mol. The van der Waals surface area contributed by atoms with E-state index in [1.807, 2.05) is 37.3 Å². The molecule has 2 aromatic carbocycles. The van der Waals surface area contributed by atoms with E-state index < -0.39 is 72.2 Å². The largest absolute Gasteiger partial charge is 0.455 e. The molecular formula is C37H43BrClN3O7. The predicted octanol–water partition coefficient (Wildman–Crippen LogP) is 5.09. The van der Waals surface area contributed by atoms with E-state index in [9.17, 15) is 24.3 Å². The quantitative estimate of drug-likeness (QED) is 0.162. The van der Waals surface area contributed by atoms with Gasteiger partial charge in [-0.1, -0.05) is 82.1 Å². The number of halogens is 2. The fourth-order valence-electron chi connectivity index (χ4n) is 7.56. The molecule has 3 aliphatic rings. The number of aliphatic hydroxyl groups excluding tert-OH is 1. The number of fused-ring (bicyclic) bond motifs is 1.